The van der Waals surface area contributed by atoms with Crippen molar-refractivity contribution in [2.75, 3.05) is 32.7 Å². The van der Waals surface area contributed by atoms with Gasteiger partial charge in [0.1, 0.15) is 6.61 Å². The standard InChI is InChI=1S/C22H36N2O3Si/c1-21(2,3)28(4,5)27-22(11-12-22)18-23-13-15-24(16-14-23)20(25)26-17-19-9-7-6-8-10-19/h6-10H,11-18H2,1-5H3. The predicted octanol–water partition coefficient (Wildman–Crippen LogP) is 4.50. The van der Waals surface area contributed by atoms with Crippen LogP contribution < -0.4 is 0 Å². The zero-order valence-corrected chi connectivity index (χ0v) is 19.2. The van der Waals surface area contributed by atoms with Crippen LogP contribution in [0.3, 0.4) is 0 Å². The monoisotopic (exact) mass is 404 g/mol. The molecule has 1 aliphatic heterocycles. The fourth-order valence-electron chi connectivity index (χ4n) is 3.43. The topological polar surface area (TPSA) is 42.0 Å². The minimum Gasteiger partial charge on any atom is -0.445 e. The normalized spacial score (nSPS) is 20.1. The molecule has 1 saturated heterocycles. The molecule has 0 radical (unpaired) electrons. The molecule has 0 N–H and O–H groups in total. The molecule has 2 fully saturated rings. The number of carbonyl (C=O) groups excluding carboxylic acids is 1. The summed E-state index contributed by atoms with van der Waals surface area (Å²) in [5.74, 6) is 0. The smallest absolute Gasteiger partial charge is 0.410 e. The van der Waals surface area contributed by atoms with Gasteiger partial charge in [0, 0.05) is 32.7 Å². The summed E-state index contributed by atoms with van der Waals surface area (Å²) < 4.78 is 12.2. The van der Waals surface area contributed by atoms with Crippen LogP contribution in [0.25, 0.3) is 0 Å². The van der Waals surface area contributed by atoms with Gasteiger partial charge in [-0.1, -0.05) is 51.1 Å². The first-order valence-corrected chi connectivity index (χ1v) is 13.4. The number of ether oxygens (including phenoxy) is 1. The molecule has 0 atom stereocenters. The van der Waals surface area contributed by atoms with E-state index in [1.807, 2.05) is 35.2 Å². The van der Waals surface area contributed by atoms with Gasteiger partial charge in [-0.05, 0) is 36.5 Å². The Morgan fingerprint density at radius 3 is 2.21 bits per heavy atom. The highest BCUT2D eigenvalue weighted by Gasteiger charge is 2.52. The van der Waals surface area contributed by atoms with Gasteiger partial charge < -0.3 is 14.1 Å². The molecule has 5 nitrogen and oxygen atoms in total. The number of carbonyl (C=O) groups is 1. The van der Waals surface area contributed by atoms with E-state index in [0.29, 0.717) is 6.61 Å². The van der Waals surface area contributed by atoms with Crippen molar-refractivity contribution in [3.05, 3.63) is 35.9 Å². The summed E-state index contributed by atoms with van der Waals surface area (Å²) >= 11 is 0. The number of piperazine rings is 1. The molecule has 2 aliphatic rings. The third kappa shape index (κ3) is 5.36. The zero-order valence-electron chi connectivity index (χ0n) is 18.2. The highest BCUT2D eigenvalue weighted by Crippen LogP contribution is 2.48. The van der Waals surface area contributed by atoms with E-state index in [-0.39, 0.29) is 16.7 Å². The zero-order chi connectivity index (χ0) is 20.4. The Balaban J connectivity index is 1.43. The Morgan fingerprint density at radius 1 is 1.07 bits per heavy atom. The Morgan fingerprint density at radius 2 is 1.68 bits per heavy atom. The summed E-state index contributed by atoms with van der Waals surface area (Å²) in [6.07, 6.45) is 2.12. The Labute approximate surface area is 171 Å². The number of rotatable bonds is 6. The molecule has 1 heterocycles. The maximum absolute atomic E-state index is 12.3. The molecule has 1 saturated carbocycles. The number of benzene rings is 1. The van der Waals surface area contributed by atoms with E-state index in [1.54, 1.807) is 0 Å². The second-order valence-electron chi connectivity index (χ2n) is 9.85. The van der Waals surface area contributed by atoms with E-state index in [9.17, 15) is 4.79 Å². The largest absolute Gasteiger partial charge is 0.445 e. The summed E-state index contributed by atoms with van der Waals surface area (Å²) in [5, 5.41) is 0.240. The first kappa shape index (κ1) is 21.3. The van der Waals surface area contributed by atoms with Gasteiger partial charge in [-0.25, -0.2) is 4.79 Å². The first-order chi connectivity index (χ1) is 13.1. The highest BCUT2D eigenvalue weighted by atomic mass is 28.4. The Bertz CT molecular complexity index is 660. The number of hydrogen-bond donors (Lipinski definition) is 0. The molecular formula is C22H36N2O3Si. The maximum atomic E-state index is 12.3. The summed E-state index contributed by atoms with van der Waals surface area (Å²) in [7, 11) is -1.75. The maximum Gasteiger partial charge on any atom is 0.410 e. The van der Waals surface area contributed by atoms with Crippen LogP contribution >= 0.6 is 0 Å². The van der Waals surface area contributed by atoms with Crippen molar-refractivity contribution >= 4 is 14.4 Å². The van der Waals surface area contributed by atoms with Gasteiger partial charge >= 0.3 is 6.09 Å². The quantitative estimate of drug-likeness (QED) is 0.655. The Kier molecular flexibility index (Phi) is 6.22. The number of nitrogens with zero attached hydrogens (tertiary/aromatic N) is 2. The van der Waals surface area contributed by atoms with E-state index in [1.165, 1.54) is 12.8 Å². The van der Waals surface area contributed by atoms with Crippen molar-refractivity contribution in [2.24, 2.45) is 0 Å². The van der Waals surface area contributed by atoms with Gasteiger partial charge in [-0.2, -0.15) is 0 Å². The molecule has 6 heteroatoms. The summed E-state index contributed by atoms with van der Waals surface area (Å²) in [5.41, 5.74) is 1.08. The van der Waals surface area contributed by atoms with Crippen LogP contribution in [-0.2, 0) is 15.8 Å². The van der Waals surface area contributed by atoms with Gasteiger partial charge in [-0.3, -0.25) is 4.90 Å². The fourth-order valence-corrected chi connectivity index (χ4v) is 5.09. The predicted molar refractivity (Wildman–Crippen MR) is 115 cm³/mol. The van der Waals surface area contributed by atoms with Crippen molar-refractivity contribution < 1.29 is 14.0 Å². The van der Waals surface area contributed by atoms with E-state index in [0.717, 1.165) is 38.3 Å². The van der Waals surface area contributed by atoms with Gasteiger partial charge in [0.2, 0.25) is 0 Å². The van der Waals surface area contributed by atoms with Crippen LogP contribution in [0.15, 0.2) is 30.3 Å². The molecule has 0 aromatic heterocycles. The average molecular weight is 405 g/mol. The molecule has 1 aromatic rings. The van der Waals surface area contributed by atoms with Crippen LogP contribution in [0, 0.1) is 0 Å². The molecule has 3 rings (SSSR count). The van der Waals surface area contributed by atoms with E-state index in [2.05, 4.69) is 38.8 Å². The summed E-state index contributed by atoms with van der Waals surface area (Å²) in [4.78, 5) is 16.6. The lowest BCUT2D eigenvalue weighted by atomic mass is 10.2. The number of hydrogen-bond acceptors (Lipinski definition) is 4. The third-order valence-electron chi connectivity index (χ3n) is 6.43. The lowest BCUT2D eigenvalue weighted by molar-refractivity contribution is 0.0495. The number of amides is 1. The molecule has 0 spiro atoms. The third-order valence-corrected chi connectivity index (χ3v) is 11.0. The van der Waals surface area contributed by atoms with Gasteiger partial charge in [0.15, 0.2) is 8.32 Å². The van der Waals surface area contributed by atoms with E-state index in [4.69, 9.17) is 9.16 Å². The molecular weight excluding hydrogens is 368 g/mol. The summed E-state index contributed by atoms with van der Waals surface area (Å²) in [6.45, 7) is 16.1. The lowest BCUT2D eigenvalue weighted by Crippen LogP contribution is -2.53. The van der Waals surface area contributed by atoms with Crippen molar-refractivity contribution in [3.8, 4) is 0 Å². The molecule has 1 aromatic carbocycles. The van der Waals surface area contributed by atoms with Crippen LogP contribution in [0.4, 0.5) is 4.79 Å². The van der Waals surface area contributed by atoms with Gasteiger partial charge in [-0.15, -0.1) is 0 Å². The van der Waals surface area contributed by atoms with Crippen LogP contribution in [0.2, 0.25) is 18.1 Å². The minimum atomic E-state index is -1.75. The molecule has 1 amide bonds. The second kappa shape index (κ2) is 8.17. The fraction of sp³-hybridized carbons (Fsp3) is 0.682. The average Bonchev–Trinajstić information content (AvgIpc) is 3.38. The van der Waals surface area contributed by atoms with E-state index >= 15 is 0 Å². The van der Waals surface area contributed by atoms with Crippen molar-refractivity contribution in [1.82, 2.24) is 9.80 Å². The summed E-state index contributed by atoms with van der Waals surface area (Å²) in [6, 6.07) is 9.83. The molecule has 1 aliphatic carbocycles. The van der Waals surface area contributed by atoms with Crippen LogP contribution in [0.5, 0.6) is 0 Å². The lowest BCUT2D eigenvalue weighted by Gasteiger charge is -2.42. The van der Waals surface area contributed by atoms with Crippen molar-refractivity contribution in [2.45, 2.75) is 64.0 Å². The minimum absolute atomic E-state index is 0.0546. The SMILES string of the molecule is CC(C)(C)[Si](C)(C)OC1(CN2CCN(C(=O)OCc3ccccc3)CC2)CC1. The van der Waals surface area contributed by atoms with Crippen molar-refractivity contribution in [3.63, 3.8) is 0 Å². The Hall–Kier alpha value is -1.37. The first-order valence-electron chi connectivity index (χ1n) is 10.5. The molecule has 28 heavy (non-hydrogen) atoms. The van der Waals surface area contributed by atoms with Crippen LogP contribution in [-0.4, -0.2) is 62.5 Å². The van der Waals surface area contributed by atoms with E-state index < -0.39 is 8.32 Å². The second-order valence-corrected chi connectivity index (χ2v) is 14.6. The molecule has 0 bridgehead atoms. The highest BCUT2D eigenvalue weighted by molar-refractivity contribution is 6.74. The molecule has 156 valence electrons. The van der Waals surface area contributed by atoms with Gasteiger partial charge in [0.25, 0.3) is 0 Å². The van der Waals surface area contributed by atoms with Crippen LogP contribution in [0.1, 0.15) is 39.2 Å². The molecule has 0 unspecified atom stereocenters. The van der Waals surface area contributed by atoms with Gasteiger partial charge in [0.05, 0.1) is 5.60 Å². The van der Waals surface area contributed by atoms with Crippen molar-refractivity contribution in [1.29, 1.82) is 0 Å².